The Bertz CT molecular complexity index is 1230. The van der Waals surface area contributed by atoms with Crippen molar-refractivity contribution in [1.29, 1.82) is 0 Å². The highest BCUT2D eigenvalue weighted by Crippen LogP contribution is 2.36. The second-order valence-corrected chi connectivity index (χ2v) is 8.34. The van der Waals surface area contributed by atoms with Crippen molar-refractivity contribution in [3.8, 4) is 22.2 Å². The minimum absolute atomic E-state index is 0.00495. The molecule has 0 aliphatic carbocycles. The first-order valence-electron chi connectivity index (χ1n) is 9.60. The largest absolute Gasteiger partial charge is 0.396 e. The number of hydrogen-bond donors (Lipinski definition) is 1. The summed E-state index contributed by atoms with van der Waals surface area (Å²) in [6.45, 7) is 6.49. The van der Waals surface area contributed by atoms with E-state index in [1.165, 1.54) is 11.3 Å². The molecule has 0 amide bonds. The maximum Gasteiger partial charge on any atom is 0.262 e. The van der Waals surface area contributed by atoms with E-state index in [-0.39, 0.29) is 18.2 Å². The van der Waals surface area contributed by atoms with Gasteiger partial charge in [-0.2, -0.15) is 5.10 Å². The summed E-state index contributed by atoms with van der Waals surface area (Å²) in [5.41, 5.74) is 1.63. The fraction of sp³-hybridized carbons (Fsp3) is 0.400. The fourth-order valence-corrected chi connectivity index (χ4v) is 4.53. The van der Waals surface area contributed by atoms with Crippen LogP contribution in [0.5, 0.6) is 0 Å². The number of aromatic nitrogens is 6. The van der Waals surface area contributed by atoms with Crippen LogP contribution in [0, 0.1) is 6.92 Å². The molecule has 4 aromatic rings. The number of nitrogens with zero attached hydrogens (tertiary/aromatic N) is 6. The Kier molecular flexibility index (Phi) is 5.10. The highest BCUT2D eigenvalue weighted by Gasteiger charge is 2.22. The molecule has 0 saturated heterocycles. The molecule has 4 rings (SSSR count). The number of imidazole rings is 1. The average Bonchev–Trinajstić information content (AvgIpc) is 3.39. The summed E-state index contributed by atoms with van der Waals surface area (Å²) in [7, 11) is 1.87. The maximum atomic E-state index is 13.4. The molecule has 0 spiro atoms. The maximum absolute atomic E-state index is 13.4. The van der Waals surface area contributed by atoms with E-state index >= 15 is 0 Å². The highest BCUT2D eigenvalue weighted by atomic mass is 32.1. The van der Waals surface area contributed by atoms with E-state index in [4.69, 9.17) is 4.98 Å². The monoisotopic (exact) mass is 412 g/mol. The summed E-state index contributed by atoms with van der Waals surface area (Å²) >= 11 is 1.48. The molecule has 29 heavy (non-hydrogen) atoms. The van der Waals surface area contributed by atoms with Crippen LogP contribution in [0.3, 0.4) is 0 Å². The number of thiophene rings is 1. The van der Waals surface area contributed by atoms with Gasteiger partial charge in [0.15, 0.2) is 11.6 Å². The Balaban J connectivity index is 1.95. The number of aliphatic hydroxyl groups excluding tert-OH is 1. The zero-order chi connectivity index (χ0) is 20.7. The first-order valence-corrected chi connectivity index (χ1v) is 10.4. The standard InChI is InChI=1S/C20H24N6O2S/c1-12(2)26-9-6-14(23-26)16-13(3)15-19(29-16)22-18(17-21-7-10-24(17)4)25(20(15)28)8-5-11-27/h6-7,9-10,12,27H,5,8,11H2,1-4H3. The van der Waals surface area contributed by atoms with Crippen LogP contribution in [-0.4, -0.2) is 40.6 Å². The molecule has 4 aromatic heterocycles. The van der Waals surface area contributed by atoms with Gasteiger partial charge in [0, 0.05) is 44.8 Å². The van der Waals surface area contributed by atoms with Gasteiger partial charge in [0.2, 0.25) is 0 Å². The molecule has 0 aliphatic heterocycles. The van der Waals surface area contributed by atoms with Crippen LogP contribution in [0.1, 0.15) is 31.9 Å². The van der Waals surface area contributed by atoms with Gasteiger partial charge in [-0.05, 0) is 38.8 Å². The second-order valence-electron chi connectivity index (χ2n) is 7.34. The zero-order valence-corrected chi connectivity index (χ0v) is 17.8. The van der Waals surface area contributed by atoms with Gasteiger partial charge in [-0.25, -0.2) is 9.97 Å². The Labute approximate surface area is 172 Å². The first-order chi connectivity index (χ1) is 13.9. The lowest BCUT2D eigenvalue weighted by molar-refractivity contribution is 0.279. The average molecular weight is 413 g/mol. The predicted octanol–water partition coefficient (Wildman–Crippen LogP) is 2.99. The second kappa shape index (κ2) is 7.57. The first kappa shape index (κ1) is 19.5. The molecule has 0 aliphatic rings. The number of fused-ring (bicyclic) bond motifs is 1. The van der Waals surface area contributed by atoms with E-state index in [0.717, 1.165) is 16.1 Å². The summed E-state index contributed by atoms with van der Waals surface area (Å²) in [6.07, 6.45) is 5.94. The third kappa shape index (κ3) is 3.30. The lowest BCUT2D eigenvalue weighted by Gasteiger charge is -2.11. The summed E-state index contributed by atoms with van der Waals surface area (Å²) in [5.74, 6) is 1.14. The van der Waals surface area contributed by atoms with Gasteiger partial charge in [-0.3, -0.25) is 14.0 Å². The third-order valence-corrected chi connectivity index (χ3v) is 6.19. The van der Waals surface area contributed by atoms with Crippen LogP contribution < -0.4 is 5.56 Å². The molecule has 9 heteroatoms. The molecule has 8 nitrogen and oxygen atoms in total. The lowest BCUT2D eigenvalue weighted by atomic mass is 10.2. The quantitative estimate of drug-likeness (QED) is 0.526. The van der Waals surface area contributed by atoms with Crippen LogP contribution in [-0.2, 0) is 13.6 Å². The Hall–Kier alpha value is -2.78. The molecule has 1 N–H and O–H groups in total. The number of hydrogen-bond acceptors (Lipinski definition) is 6. The highest BCUT2D eigenvalue weighted by molar-refractivity contribution is 7.22. The van der Waals surface area contributed by atoms with Crippen molar-refractivity contribution in [1.82, 2.24) is 28.9 Å². The fourth-order valence-electron chi connectivity index (χ4n) is 3.40. The van der Waals surface area contributed by atoms with Crippen LogP contribution in [0.4, 0.5) is 0 Å². The Morgan fingerprint density at radius 3 is 2.66 bits per heavy atom. The van der Waals surface area contributed by atoms with Crippen molar-refractivity contribution in [2.45, 2.75) is 39.8 Å². The normalized spacial score (nSPS) is 11.8. The summed E-state index contributed by atoms with van der Waals surface area (Å²) in [4.78, 5) is 24.3. The smallest absolute Gasteiger partial charge is 0.262 e. The molecule has 4 heterocycles. The lowest BCUT2D eigenvalue weighted by Crippen LogP contribution is -2.24. The number of rotatable bonds is 6. The summed E-state index contributed by atoms with van der Waals surface area (Å²) in [6, 6.07) is 2.24. The van der Waals surface area contributed by atoms with E-state index in [2.05, 4.69) is 23.9 Å². The van der Waals surface area contributed by atoms with Crippen molar-refractivity contribution >= 4 is 21.6 Å². The summed E-state index contributed by atoms with van der Waals surface area (Å²) in [5, 5.41) is 14.6. The third-order valence-electron chi connectivity index (χ3n) is 4.98. The van der Waals surface area contributed by atoms with E-state index in [1.807, 2.05) is 41.7 Å². The van der Waals surface area contributed by atoms with E-state index in [0.29, 0.717) is 34.8 Å². The van der Waals surface area contributed by atoms with E-state index < -0.39 is 0 Å². The molecule has 0 aromatic carbocycles. The van der Waals surface area contributed by atoms with Gasteiger partial charge >= 0.3 is 0 Å². The van der Waals surface area contributed by atoms with Crippen LogP contribution >= 0.6 is 11.3 Å². The minimum atomic E-state index is -0.107. The van der Waals surface area contributed by atoms with E-state index in [1.54, 1.807) is 10.8 Å². The molecule has 0 radical (unpaired) electrons. The van der Waals surface area contributed by atoms with Crippen molar-refractivity contribution in [3.63, 3.8) is 0 Å². The van der Waals surface area contributed by atoms with Crippen LogP contribution in [0.25, 0.3) is 32.4 Å². The zero-order valence-electron chi connectivity index (χ0n) is 17.0. The number of aliphatic hydroxyl groups is 1. The van der Waals surface area contributed by atoms with Crippen molar-refractivity contribution in [2.75, 3.05) is 6.61 Å². The SMILES string of the molecule is Cc1c(-c2ccn(C(C)C)n2)sc2nc(-c3nccn3C)n(CCCO)c(=O)c12. The van der Waals surface area contributed by atoms with Crippen LogP contribution in [0.2, 0.25) is 0 Å². The molecule has 0 bridgehead atoms. The molecule has 152 valence electrons. The Morgan fingerprint density at radius 1 is 1.24 bits per heavy atom. The van der Waals surface area contributed by atoms with Gasteiger partial charge < -0.3 is 9.67 Å². The van der Waals surface area contributed by atoms with Gasteiger partial charge in [-0.15, -0.1) is 11.3 Å². The minimum Gasteiger partial charge on any atom is -0.396 e. The van der Waals surface area contributed by atoms with Gasteiger partial charge in [0.25, 0.3) is 5.56 Å². The topological polar surface area (TPSA) is 90.8 Å². The van der Waals surface area contributed by atoms with E-state index in [9.17, 15) is 9.90 Å². The van der Waals surface area contributed by atoms with Crippen LogP contribution in [0.15, 0.2) is 29.5 Å². The van der Waals surface area contributed by atoms with Gasteiger partial charge in [0.05, 0.1) is 10.3 Å². The molecular formula is C20H24N6O2S. The molecule has 0 unspecified atom stereocenters. The van der Waals surface area contributed by atoms with Crippen molar-refractivity contribution in [3.05, 3.63) is 40.6 Å². The number of aryl methyl sites for hydroxylation is 2. The Morgan fingerprint density at radius 2 is 2.03 bits per heavy atom. The molecular weight excluding hydrogens is 388 g/mol. The van der Waals surface area contributed by atoms with Gasteiger partial charge in [-0.1, -0.05) is 0 Å². The predicted molar refractivity (Wildman–Crippen MR) is 114 cm³/mol. The summed E-state index contributed by atoms with van der Waals surface area (Å²) < 4.78 is 5.37. The van der Waals surface area contributed by atoms with Crippen molar-refractivity contribution in [2.24, 2.45) is 7.05 Å². The van der Waals surface area contributed by atoms with Gasteiger partial charge in [0.1, 0.15) is 10.5 Å². The molecule has 0 fully saturated rings. The molecule has 0 atom stereocenters. The molecule has 0 saturated carbocycles. The van der Waals surface area contributed by atoms with Crippen molar-refractivity contribution < 1.29 is 5.11 Å².